The minimum absolute atomic E-state index is 0.570. The summed E-state index contributed by atoms with van der Waals surface area (Å²) in [6, 6.07) is 0. The van der Waals surface area contributed by atoms with E-state index in [0.717, 1.165) is 8.79 Å². The van der Waals surface area contributed by atoms with Gasteiger partial charge in [0.1, 0.15) is 6.26 Å². The SMILES string of the molecule is Brc1cnc(-c2ncco2)s1. The Morgan fingerprint density at radius 2 is 2.36 bits per heavy atom. The predicted octanol–water partition coefficient (Wildman–Crippen LogP) is 2.56. The number of hydrogen-bond acceptors (Lipinski definition) is 4. The number of aromatic nitrogens is 2. The molecule has 0 bridgehead atoms. The number of rotatable bonds is 1. The first kappa shape index (κ1) is 7.00. The first-order valence-electron chi connectivity index (χ1n) is 2.87. The molecule has 2 aromatic heterocycles. The second-order valence-corrected chi connectivity index (χ2v) is 4.22. The van der Waals surface area contributed by atoms with Gasteiger partial charge in [0.25, 0.3) is 5.89 Å². The van der Waals surface area contributed by atoms with Crippen LogP contribution in [0, 0.1) is 0 Å². The van der Waals surface area contributed by atoms with E-state index in [1.807, 2.05) is 0 Å². The molecule has 0 aliphatic heterocycles. The fourth-order valence-corrected chi connectivity index (χ4v) is 1.83. The Labute approximate surface area is 75.2 Å². The standard InChI is InChI=1S/C6H3BrN2OS/c7-4-3-9-6(11-4)5-8-1-2-10-5/h1-3H. The molecule has 0 aliphatic rings. The summed E-state index contributed by atoms with van der Waals surface area (Å²) in [5.74, 6) is 0.570. The molecule has 0 saturated carbocycles. The number of thiazole rings is 1. The monoisotopic (exact) mass is 230 g/mol. The largest absolute Gasteiger partial charge is 0.443 e. The second kappa shape index (κ2) is 2.75. The zero-order chi connectivity index (χ0) is 7.68. The van der Waals surface area contributed by atoms with Gasteiger partial charge in [-0.1, -0.05) is 0 Å². The van der Waals surface area contributed by atoms with Crippen LogP contribution in [-0.4, -0.2) is 9.97 Å². The maximum absolute atomic E-state index is 5.05. The molecular formula is C6H3BrN2OS. The molecule has 0 aliphatic carbocycles. The van der Waals surface area contributed by atoms with Crippen molar-refractivity contribution < 1.29 is 4.42 Å². The molecule has 11 heavy (non-hydrogen) atoms. The van der Waals surface area contributed by atoms with E-state index in [1.165, 1.54) is 17.6 Å². The topological polar surface area (TPSA) is 38.9 Å². The summed E-state index contributed by atoms with van der Waals surface area (Å²) >= 11 is 4.80. The van der Waals surface area contributed by atoms with Crippen LogP contribution in [0.2, 0.25) is 0 Å². The van der Waals surface area contributed by atoms with Gasteiger partial charge in [0, 0.05) is 0 Å². The van der Waals surface area contributed by atoms with Gasteiger partial charge >= 0.3 is 0 Å². The molecule has 0 atom stereocenters. The van der Waals surface area contributed by atoms with Gasteiger partial charge in [-0.3, -0.25) is 0 Å². The maximum Gasteiger partial charge on any atom is 0.255 e. The van der Waals surface area contributed by atoms with Gasteiger partial charge in [-0.05, 0) is 15.9 Å². The van der Waals surface area contributed by atoms with Gasteiger partial charge in [0.2, 0.25) is 0 Å². The van der Waals surface area contributed by atoms with Crippen molar-refractivity contribution in [2.45, 2.75) is 0 Å². The molecule has 0 saturated heterocycles. The predicted molar refractivity (Wildman–Crippen MR) is 45.3 cm³/mol. The van der Waals surface area contributed by atoms with E-state index in [0.29, 0.717) is 5.89 Å². The van der Waals surface area contributed by atoms with Crippen LogP contribution >= 0.6 is 27.3 Å². The molecule has 2 heterocycles. The van der Waals surface area contributed by atoms with E-state index < -0.39 is 0 Å². The highest BCUT2D eigenvalue weighted by atomic mass is 79.9. The molecule has 0 amide bonds. The summed E-state index contributed by atoms with van der Waals surface area (Å²) in [5.41, 5.74) is 0. The van der Waals surface area contributed by atoms with Crippen molar-refractivity contribution >= 4 is 27.3 Å². The molecule has 0 fully saturated rings. The van der Waals surface area contributed by atoms with Crippen LogP contribution in [0.1, 0.15) is 0 Å². The first-order chi connectivity index (χ1) is 5.36. The molecule has 5 heteroatoms. The zero-order valence-electron chi connectivity index (χ0n) is 5.32. The quantitative estimate of drug-likeness (QED) is 0.756. The average Bonchev–Trinajstić information content (AvgIpc) is 2.55. The fourth-order valence-electron chi connectivity index (χ4n) is 0.682. The van der Waals surface area contributed by atoms with Gasteiger partial charge < -0.3 is 4.42 Å². The summed E-state index contributed by atoms with van der Waals surface area (Å²) in [5, 5.41) is 0.793. The molecular weight excluding hydrogens is 228 g/mol. The van der Waals surface area contributed by atoms with Gasteiger partial charge in [-0.15, -0.1) is 11.3 Å². The minimum Gasteiger partial charge on any atom is -0.443 e. The van der Waals surface area contributed by atoms with Crippen LogP contribution in [0.5, 0.6) is 0 Å². The summed E-state index contributed by atoms with van der Waals surface area (Å²) in [7, 11) is 0. The van der Waals surface area contributed by atoms with Crippen molar-refractivity contribution in [3.05, 3.63) is 22.4 Å². The third kappa shape index (κ3) is 1.34. The van der Waals surface area contributed by atoms with Crippen molar-refractivity contribution in [2.24, 2.45) is 0 Å². The van der Waals surface area contributed by atoms with Crippen LogP contribution in [0.3, 0.4) is 0 Å². The Morgan fingerprint density at radius 1 is 1.45 bits per heavy atom. The smallest absolute Gasteiger partial charge is 0.255 e. The lowest BCUT2D eigenvalue weighted by Crippen LogP contribution is -1.70. The number of nitrogens with zero attached hydrogens (tertiary/aromatic N) is 2. The lowest BCUT2D eigenvalue weighted by molar-refractivity contribution is 0.574. The molecule has 3 nitrogen and oxygen atoms in total. The van der Waals surface area contributed by atoms with Crippen molar-refractivity contribution in [3.63, 3.8) is 0 Å². The third-order valence-electron chi connectivity index (χ3n) is 1.09. The van der Waals surface area contributed by atoms with Gasteiger partial charge in [0.05, 0.1) is 16.2 Å². The van der Waals surface area contributed by atoms with Crippen molar-refractivity contribution in [2.75, 3.05) is 0 Å². The Bertz CT molecular complexity index is 343. The maximum atomic E-state index is 5.05. The van der Waals surface area contributed by atoms with Crippen LogP contribution in [-0.2, 0) is 0 Å². The number of hydrogen-bond donors (Lipinski definition) is 0. The lowest BCUT2D eigenvalue weighted by Gasteiger charge is -1.81. The van der Waals surface area contributed by atoms with E-state index in [2.05, 4.69) is 25.9 Å². The summed E-state index contributed by atoms with van der Waals surface area (Å²) in [6.45, 7) is 0. The average molecular weight is 231 g/mol. The molecule has 56 valence electrons. The molecule has 0 unspecified atom stereocenters. The minimum atomic E-state index is 0.570. The Morgan fingerprint density at radius 3 is 2.91 bits per heavy atom. The highest BCUT2D eigenvalue weighted by Gasteiger charge is 2.05. The zero-order valence-corrected chi connectivity index (χ0v) is 7.72. The highest BCUT2D eigenvalue weighted by Crippen LogP contribution is 2.26. The van der Waals surface area contributed by atoms with Gasteiger partial charge in [-0.2, -0.15) is 0 Å². The Kier molecular flexibility index (Phi) is 1.75. The second-order valence-electron chi connectivity index (χ2n) is 1.81. The van der Waals surface area contributed by atoms with Crippen LogP contribution in [0.4, 0.5) is 0 Å². The van der Waals surface area contributed by atoms with Crippen LogP contribution < -0.4 is 0 Å². The third-order valence-corrected chi connectivity index (χ3v) is 2.56. The fraction of sp³-hybridized carbons (Fsp3) is 0. The molecule has 2 rings (SSSR count). The van der Waals surface area contributed by atoms with Crippen molar-refractivity contribution in [1.29, 1.82) is 0 Å². The van der Waals surface area contributed by atoms with E-state index in [4.69, 9.17) is 4.42 Å². The summed E-state index contributed by atoms with van der Waals surface area (Å²) < 4.78 is 6.03. The lowest BCUT2D eigenvalue weighted by atomic mass is 10.7. The van der Waals surface area contributed by atoms with E-state index >= 15 is 0 Å². The van der Waals surface area contributed by atoms with Gasteiger partial charge in [-0.25, -0.2) is 9.97 Å². The van der Waals surface area contributed by atoms with E-state index in [-0.39, 0.29) is 0 Å². The van der Waals surface area contributed by atoms with Gasteiger partial charge in [0.15, 0.2) is 5.01 Å². The van der Waals surface area contributed by atoms with Crippen LogP contribution in [0.15, 0.2) is 26.9 Å². The number of oxazole rings is 1. The molecule has 2 aromatic rings. The molecule has 0 spiro atoms. The van der Waals surface area contributed by atoms with E-state index in [9.17, 15) is 0 Å². The Hall–Kier alpha value is -0.680. The molecule has 0 N–H and O–H groups in total. The summed E-state index contributed by atoms with van der Waals surface area (Å²) in [4.78, 5) is 8.03. The highest BCUT2D eigenvalue weighted by molar-refractivity contribution is 9.11. The van der Waals surface area contributed by atoms with Crippen molar-refractivity contribution in [3.8, 4) is 10.9 Å². The summed E-state index contributed by atoms with van der Waals surface area (Å²) in [6.07, 6.45) is 4.86. The van der Waals surface area contributed by atoms with Crippen LogP contribution in [0.25, 0.3) is 10.9 Å². The Balaban J connectivity index is 2.45. The number of halogens is 1. The first-order valence-corrected chi connectivity index (χ1v) is 4.48. The normalized spacial score (nSPS) is 10.3. The molecule has 0 radical (unpaired) electrons. The molecule has 0 aromatic carbocycles. The van der Waals surface area contributed by atoms with E-state index in [1.54, 1.807) is 12.4 Å². The van der Waals surface area contributed by atoms with Crippen molar-refractivity contribution in [1.82, 2.24) is 9.97 Å².